The molecule has 0 aliphatic rings. The number of benzene rings is 1. The predicted octanol–water partition coefficient (Wildman–Crippen LogP) is 4.43. The van der Waals surface area contributed by atoms with E-state index in [1.54, 1.807) is 0 Å². The molecule has 0 heterocycles. The van der Waals surface area contributed by atoms with Crippen LogP contribution in [0.5, 0.6) is 0 Å². The highest BCUT2D eigenvalue weighted by Gasteiger charge is 2.01. The standard InChI is InChI=1S/C9H16N2.C9H12/c1-4-5-7(2)9(6-10)8(3)11;1-3-9-6-4-5-8(2)7-9/h4-6,8,10H,11H2,1-3H3;4-7H,3H2,1-2H3/b5-4-,9-7-,10-6?;. The lowest BCUT2D eigenvalue weighted by Gasteiger charge is -2.07. The zero-order valence-corrected chi connectivity index (χ0v) is 13.4. The number of nitrogens with one attached hydrogen (secondary N) is 1. The van der Waals surface area contributed by atoms with Crippen LogP contribution in [0.2, 0.25) is 0 Å². The van der Waals surface area contributed by atoms with Crippen LogP contribution >= 0.6 is 0 Å². The number of hydrogen-bond acceptors (Lipinski definition) is 2. The molecule has 0 saturated heterocycles. The minimum Gasteiger partial charge on any atom is -0.324 e. The number of aryl methyl sites for hydroxylation is 2. The van der Waals surface area contributed by atoms with Crippen molar-refractivity contribution in [1.82, 2.24) is 0 Å². The largest absolute Gasteiger partial charge is 0.324 e. The molecule has 0 radical (unpaired) electrons. The summed E-state index contributed by atoms with van der Waals surface area (Å²) in [6, 6.07) is 8.56. The van der Waals surface area contributed by atoms with Gasteiger partial charge in [0.15, 0.2) is 0 Å². The molecular weight excluding hydrogens is 244 g/mol. The van der Waals surface area contributed by atoms with Crippen LogP contribution < -0.4 is 5.73 Å². The minimum atomic E-state index is -0.0521. The molecule has 0 saturated carbocycles. The molecular formula is C18H28N2. The Hall–Kier alpha value is -1.67. The van der Waals surface area contributed by atoms with Crippen molar-refractivity contribution in [3.63, 3.8) is 0 Å². The first-order chi connectivity index (χ1) is 9.46. The lowest BCUT2D eigenvalue weighted by atomic mass is 10.0. The smallest absolute Gasteiger partial charge is 0.0283 e. The van der Waals surface area contributed by atoms with E-state index in [0.29, 0.717) is 0 Å². The molecule has 0 fully saturated rings. The van der Waals surface area contributed by atoms with Crippen LogP contribution in [0.4, 0.5) is 0 Å². The molecule has 1 aromatic carbocycles. The maximum atomic E-state index is 7.10. The van der Waals surface area contributed by atoms with Crippen molar-refractivity contribution in [3.05, 3.63) is 58.7 Å². The summed E-state index contributed by atoms with van der Waals surface area (Å²) in [5.41, 5.74) is 10.4. The summed E-state index contributed by atoms with van der Waals surface area (Å²) in [6.07, 6.45) is 6.37. The molecule has 0 amide bonds. The molecule has 3 N–H and O–H groups in total. The molecule has 110 valence electrons. The van der Waals surface area contributed by atoms with Gasteiger partial charge in [0.25, 0.3) is 0 Å². The lowest BCUT2D eigenvalue weighted by Crippen LogP contribution is -2.19. The topological polar surface area (TPSA) is 49.9 Å². The van der Waals surface area contributed by atoms with E-state index in [4.69, 9.17) is 11.1 Å². The van der Waals surface area contributed by atoms with Crippen molar-refractivity contribution < 1.29 is 0 Å². The Bertz CT molecular complexity index is 468. The van der Waals surface area contributed by atoms with Crippen LogP contribution in [0.15, 0.2) is 47.6 Å². The summed E-state index contributed by atoms with van der Waals surface area (Å²) in [7, 11) is 0. The Morgan fingerprint density at radius 1 is 1.40 bits per heavy atom. The second kappa shape index (κ2) is 10.2. The summed E-state index contributed by atoms with van der Waals surface area (Å²) in [5, 5.41) is 7.10. The third-order valence-corrected chi connectivity index (χ3v) is 3.01. The van der Waals surface area contributed by atoms with Gasteiger partial charge in [0.1, 0.15) is 0 Å². The number of rotatable bonds is 4. The van der Waals surface area contributed by atoms with E-state index in [0.717, 1.165) is 17.6 Å². The molecule has 1 aromatic rings. The Balaban J connectivity index is 0.000000367. The summed E-state index contributed by atoms with van der Waals surface area (Å²) in [6.45, 7) is 10.1. The summed E-state index contributed by atoms with van der Waals surface area (Å²) in [4.78, 5) is 0. The van der Waals surface area contributed by atoms with Crippen LogP contribution in [-0.4, -0.2) is 12.3 Å². The normalized spacial score (nSPS) is 13.3. The fraction of sp³-hybridized carbons (Fsp3) is 0.389. The van der Waals surface area contributed by atoms with Gasteiger partial charge < -0.3 is 11.1 Å². The molecule has 1 unspecified atom stereocenters. The van der Waals surface area contributed by atoms with Crippen molar-refractivity contribution in [2.45, 2.75) is 47.1 Å². The molecule has 0 aliphatic heterocycles. The van der Waals surface area contributed by atoms with E-state index in [1.165, 1.54) is 17.3 Å². The molecule has 0 spiro atoms. The first-order valence-electron chi connectivity index (χ1n) is 7.11. The molecule has 2 nitrogen and oxygen atoms in total. The van der Waals surface area contributed by atoms with Gasteiger partial charge >= 0.3 is 0 Å². The van der Waals surface area contributed by atoms with Gasteiger partial charge in [-0.05, 0) is 50.8 Å². The van der Waals surface area contributed by atoms with Crippen molar-refractivity contribution in [1.29, 1.82) is 5.41 Å². The van der Waals surface area contributed by atoms with Crippen LogP contribution in [0.25, 0.3) is 0 Å². The molecule has 0 aliphatic carbocycles. The van der Waals surface area contributed by atoms with E-state index in [1.807, 2.05) is 32.9 Å². The third-order valence-electron chi connectivity index (χ3n) is 3.01. The molecule has 20 heavy (non-hydrogen) atoms. The zero-order valence-electron chi connectivity index (χ0n) is 13.4. The molecule has 0 aromatic heterocycles. The van der Waals surface area contributed by atoms with E-state index >= 15 is 0 Å². The molecule has 0 bridgehead atoms. The maximum Gasteiger partial charge on any atom is 0.0283 e. The highest BCUT2D eigenvalue weighted by Crippen LogP contribution is 2.06. The van der Waals surface area contributed by atoms with Gasteiger partial charge in [-0.15, -0.1) is 0 Å². The van der Waals surface area contributed by atoms with Crippen LogP contribution in [0.1, 0.15) is 38.8 Å². The fourth-order valence-electron chi connectivity index (χ4n) is 1.88. The first kappa shape index (κ1) is 18.3. The van der Waals surface area contributed by atoms with Crippen molar-refractivity contribution in [2.75, 3.05) is 0 Å². The second-order valence-electron chi connectivity index (χ2n) is 4.91. The van der Waals surface area contributed by atoms with Crippen molar-refractivity contribution in [3.8, 4) is 0 Å². The maximum absolute atomic E-state index is 7.10. The van der Waals surface area contributed by atoms with E-state index in [-0.39, 0.29) is 6.04 Å². The summed E-state index contributed by atoms with van der Waals surface area (Å²) in [5.74, 6) is 0. The van der Waals surface area contributed by atoms with Crippen LogP contribution in [-0.2, 0) is 6.42 Å². The number of nitrogens with two attached hydrogens (primary N) is 1. The van der Waals surface area contributed by atoms with E-state index in [2.05, 4.69) is 38.1 Å². The van der Waals surface area contributed by atoms with Gasteiger partial charge in [0.2, 0.25) is 0 Å². The average Bonchev–Trinajstić information content (AvgIpc) is 2.40. The quantitative estimate of drug-likeness (QED) is 0.618. The Labute approximate surface area is 123 Å². The average molecular weight is 272 g/mol. The monoisotopic (exact) mass is 272 g/mol. The fourth-order valence-corrected chi connectivity index (χ4v) is 1.88. The van der Waals surface area contributed by atoms with Crippen LogP contribution in [0.3, 0.4) is 0 Å². The van der Waals surface area contributed by atoms with E-state index < -0.39 is 0 Å². The number of hydrogen-bond donors (Lipinski definition) is 2. The first-order valence-corrected chi connectivity index (χ1v) is 7.11. The van der Waals surface area contributed by atoms with Gasteiger partial charge in [-0.1, -0.05) is 48.9 Å². The Kier molecular flexibility index (Phi) is 9.31. The van der Waals surface area contributed by atoms with Crippen molar-refractivity contribution in [2.24, 2.45) is 5.73 Å². The molecule has 1 rings (SSSR count). The van der Waals surface area contributed by atoms with Crippen molar-refractivity contribution >= 4 is 6.21 Å². The SMILES string of the molecule is C/C=C\C(C)=C(\C=N)C(C)N.CCc1cccc(C)c1. The molecule has 1 atom stereocenters. The summed E-state index contributed by atoms with van der Waals surface area (Å²) >= 11 is 0. The zero-order chi connectivity index (χ0) is 15.5. The lowest BCUT2D eigenvalue weighted by molar-refractivity contribution is 0.890. The van der Waals surface area contributed by atoms with Gasteiger partial charge in [-0.25, -0.2) is 0 Å². The predicted molar refractivity (Wildman–Crippen MR) is 90.5 cm³/mol. The number of allylic oxidation sites excluding steroid dienone is 3. The van der Waals surface area contributed by atoms with E-state index in [9.17, 15) is 0 Å². The highest BCUT2D eigenvalue weighted by atomic mass is 14.6. The van der Waals surface area contributed by atoms with Gasteiger partial charge in [-0.3, -0.25) is 0 Å². The van der Waals surface area contributed by atoms with Crippen LogP contribution in [0, 0.1) is 12.3 Å². The third kappa shape index (κ3) is 7.05. The van der Waals surface area contributed by atoms with Gasteiger partial charge in [0, 0.05) is 12.3 Å². The van der Waals surface area contributed by atoms with Gasteiger partial charge in [-0.2, -0.15) is 0 Å². The molecule has 2 heteroatoms. The Morgan fingerprint density at radius 3 is 2.40 bits per heavy atom. The summed E-state index contributed by atoms with van der Waals surface area (Å²) < 4.78 is 0. The van der Waals surface area contributed by atoms with Gasteiger partial charge in [0.05, 0.1) is 0 Å². The second-order valence-corrected chi connectivity index (χ2v) is 4.91. The Morgan fingerprint density at radius 2 is 2.05 bits per heavy atom. The minimum absolute atomic E-state index is 0.0521. The highest BCUT2D eigenvalue weighted by molar-refractivity contribution is 5.79.